The summed E-state index contributed by atoms with van der Waals surface area (Å²) in [5.74, 6) is 0. The van der Waals surface area contributed by atoms with Crippen molar-refractivity contribution < 1.29 is 0 Å². The molecule has 1 spiro atoms. The molecule has 252 valence electrons. The van der Waals surface area contributed by atoms with Crippen molar-refractivity contribution in [2.24, 2.45) is 0 Å². The lowest BCUT2D eigenvalue weighted by atomic mass is 9.69. The molecule has 0 nitrogen and oxygen atoms in total. The lowest BCUT2D eigenvalue weighted by molar-refractivity contribution is 0.796. The normalized spacial score (nSPS) is 13.6. The fraction of sp³-hybridized carbons (Fsp3) is 0.0182. The monoisotopic (exact) mass is 692 g/mol. The van der Waals surface area contributed by atoms with Crippen molar-refractivity contribution in [3.63, 3.8) is 0 Å². The van der Waals surface area contributed by atoms with Crippen LogP contribution in [0.3, 0.4) is 0 Å². The second-order valence-corrected chi connectivity index (χ2v) is 15.5. The van der Waals surface area contributed by atoms with E-state index in [4.69, 9.17) is 0 Å². The van der Waals surface area contributed by atoms with Gasteiger partial charge in [0.15, 0.2) is 0 Å². The van der Waals surface area contributed by atoms with E-state index in [1.165, 1.54) is 121 Å². The summed E-state index contributed by atoms with van der Waals surface area (Å²) in [7, 11) is 0. The van der Waals surface area contributed by atoms with Gasteiger partial charge in [-0.25, -0.2) is 0 Å². The zero-order chi connectivity index (χ0) is 35.8. The van der Waals surface area contributed by atoms with Gasteiger partial charge in [-0.2, -0.15) is 0 Å². The Hall–Kier alpha value is -7.02. The fourth-order valence-electron chi connectivity index (χ4n) is 10.8. The maximum atomic E-state index is 2.56. The van der Waals surface area contributed by atoms with E-state index in [1.54, 1.807) is 0 Å². The topological polar surface area (TPSA) is 0 Å². The number of hydrogen-bond acceptors (Lipinski definition) is 0. The van der Waals surface area contributed by atoms with Gasteiger partial charge in [-0.15, -0.1) is 0 Å². The predicted molar refractivity (Wildman–Crippen MR) is 232 cm³/mol. The van der Waals surface area contributed by atoms with Crippen molar-refractivity contribution in [3.8, 4) is 44.5 Å². The summed E-state index contributed by atoms with van der Waals surface area (Å²) in [6, 6.07) is 73.5. The zero-order valence-electron chi connectivity index (χ0n) is 30.0. The molecule has 13 rings (SSSR count). The highest BCUT2D eigenvalue weighted by molar-refractivity contribution is 6.25. The number of rotatable bonds is 2. The molecule has 0 heterocycles. The molecule has 0 heteroatoms. The molecule has 0 aliphatic heterocycles. The lowest BCUT2D eigenvalue weighted by Gasteiger charge is -2.31. The number of hydrogen-bond donors (Lipinski definition) is 0. The Labute approximate surface area is 318 Å². The summed E-state index contributed by atoms with van der Waals surface area (Å²) in [5.41, 5.74) is 15.4. The Bertz CT molecular complexity index is 3370. The first kappa shape index (κ1) is 29.4. The summed E-state index contributed by atoms with van der Waals surface area (Å²) in [6.07, 6.45) is 0. The van der Waals surface area contributed by atoms with Crippen LogP contribution in [0.1, 0.15) is 22.3 Å². The van der Waals surface area contributed by atoms with Crippen LogP contribution in [0.4, 0.5) is 0 Å². The molecule has 0 saturated carbocycles. The minimum absolute atomic E-state index is 0.440. The van der Waals surface area contributed by atoms with E-state index < -0.39 is 5.41 Å². The number of fused-ring (bicyclic) bond motifs is 13. The van der Waals surface area contributed by atoms with E-state index in [0.29, 0.717) is 0 Å². The Balaban J connectivity index is 1.12. The second-order valence-electron chi connectivity index (χ2n) is 15.5. The standard InChI is InChI=1S/C55H32/c1-2-12-37-31-50-47(30-36(37)11-1)54-44-20-4-3-17-41(44)46(32-51(54)55(50)48-21-7-5-18-42(48)43-19-6-8-22-49(43)55)39-16-10-15-38(29-39)40-27-25-35-24-23-33-13-9-14-34-26-28-45(40)53(35)52(33)34/h1-32H. The minimum Gasteiger partial charge on any atom is -0.0619 e. The summed E-state index contributed by atoms with van der Waals surface area (Å²) in [4.78, 5) is 0. The molecule has 0 unspecified atom stereocenters. The molecule has 0 radical (unpaired) electrons. The number of benzene rings is 11. The van der Waals surface area contributed by atoms with Gasteiger partial charge < -0.3 is 0 Å². The van der Waals surface area contributed by atoms with Gasteiger partial charge in [0.2, 0.25) is 0 Å². The van der Waals surface area contributed by atoms with Crippen molar-refractivity contribution in [1.82, 2.24) is 0 Å². The molecule has 11 aromatic rings. The lowest BCUT2D eigenvalue weighted by Crippen LogP contribution is -2.26. The zero-order valence-corrected chi connectivity index (χ0v) is 30.0. The summed E-state index contributed by atoms with van der Waals surface area (Å²) < 4.78 is 0. The first-order valence-electron chi connectivity index (χ1n) is 19.3. The van der Waals surface area contributed by atoms with Crippen molar-refractivity contribution in [2.45, 2.75) is 5.41 Å². The third-order valence-corrected chi connectivity index (χ3v) is 13.0. The van der Waals surface area contributed by atoms with E-state index in [0.717, 1.165) is 0 Å². The van der Waals surface area contributed by atoms with E-state index in [2.05, 4.69) is 194 Å². The van der Waals surface area contributed by atoms with E-state index >= 15 is 0 Å². The molecule has 0 fully saturated rings. The van der Waals surface area contributed by atoms with Crippen LogP contribution >= 0.6 is 0 Å². The molecule has 0 amide bonds. The Morgan fingerprint density at radius 2 is 0.818 bits per heavy atom. The van der Waals surface area contributed by atoms with Gasteiger partial charge in [-0.05, 0) is 145 Å². The van der Waals surface area contributed by atoms with Gasteiger partial charge in [-0.3, -0.25) is 0 Å². The highest BCUT2D eigenvalue weighted by Crippen LogP contribution is 2.65. The Kier molecular flexibility index (Phi) is 5.65. The van der Waals surface area contributed by atoms with Crippen LogP contribution in [0, 0.1) is 0 Å². The Morgan fingerprint density at radius 1 is 0.255 bits per heavy atom. The maximum Gasteiger partial charge on any atom is 0.0726 e. The second kappa shape index (κ2) is 10.6. The van der Waals surface area contributed by atoms with Gasteiger partial charge in [0.25, 0.3) is 0 Å². The average Bonchev–Trinajstić information content (AvgIpc) is 3.71. The largest absolute Gasteiger partial charge is 0.0726 e. The van der Waals surface area contributed by atoms with Crippen LogP contribution in [0.25, 0.3) is 98.4 Å². The predicted octanol–water partition coefficient (Wildman–Crippen LogP) is 14.6. The summed E-state index contributed by atoms with van der Waals surface area (Å²) in [6.45, 7) is 0. The van der Waals surface area contributed by atoms with E-state index in [9.17, 15) is 0 Å². The van der Waals surface area contributed by atoms with Gasteiger partial charge in [-0.1, -0.05) is 170 Å². The molecular formula is C55H32. The molecule has 2 aliphatic carbocycles. The van der Waals surface area contributed by atoms with E-state index in [-0.39, 0.29) is 0 Å². The van der Waals surface area contributed by atoms with Gasteiger partial charge in [0.1, 0.15) is 0 Å². The SMILES string of the molecule is c1cc(-c2cc3c(c4ccccc24)-c2cc4ccccc4cc2C32c3ccccc3-c3ccccc32)cc(-c2ccc3ccc4cccc5ccc2c3c45)c1. The smallest absolute Gasteiger partial charge is 0.0619 e. The first-order chi connectivity index (χ1) is 27.3. The summed E-state index contributed by atoms with van der Waals surface area (Å²) in [5, 5.41) is 13.0. The Morgan fingerprint density at radius 3 is 1.58 bits per heavy atom. The maximum absolute atomic E-state index is 2.56. The van der Waals surface area contributed by atoms with Crippen molar-refractivity contribution in [2.75, 3.05) is 0 Å². The van der Waals surface area contributed by atoms with Gasteiger partial charge in [0.05, 0.1) is 5.41 Å². The van der Waals surface area contributed by atoms with Crippen LogP contribution in [0.5, 0.6) is 0 Å². The third-order valence-electron chi connectivity index (χ3n) is 13.0. The molecular weight excluding hydrogens is 661 g/mol. The highest BCUT2D eigenvalue weighted by Gasteiger charge is 2.52. The molecule has 0 atom stereocenters. The van der Waals surface area contributed by atoms with Crippen LogP contribution in [0.15, 0.2) is 194 Å². The van der Waals surface area contributed by atoms with Crippen LogP contribution in [-0.4, -0.2) is 0 Å². The third kappa shape index (κ3) is 3.71. The first-order valence-corrected chi connectivity index (χ1v) is 19.3. The van der Waals surface area contributed by atoms with Gasteiger partial charge in [0, 0.05) is 0 Å². The molecule has 2 aliphatic rings. The van der Waals surface area contributed by atoms with Crippen LogP contribution in [0.2, 0.25) is 0 Å². The molecule has 0 bridgehead atoms. The minimum atomic E-state index is -0.440. The van der Waals surface area contributed by atoms with Crippen molar-refractivity contribution in [3.05, 3.63) is 216 Å². The van der Waals surface area contributed by atoms with Crippen LogP contribution < -0.4 is 0 Å². The van der Waals surface area contributed by atoms with Crippen molar-refractivity contribution >= 4 is 53.9 Å². The van der Waals surface area contributed by atoms with Crippen molar-refractivity contribution in [1.29, 1.82) is 0 Å². The van der Waals surface area contributed by atoms with Gasteiger partial charge >= 0.3 is 0 Å². The molecule has 0 N–H and O–H groups in total. The molecule has 11 aromatic carbocycles. The van der Waals surface area contributed by atoms with E-state index in [1.807, 2.05) is 0 Å². The molecule has 0 saturated heterocycles. The molecule has 0 aromatic heterocycles. The fourth-order valence-corrected chi connectivity index (χ4v) is 10.8. The molecule has 55 heavy (non-hydrogen) atoms. The highest BCUT2D eigenvalue weighted by atomic mass is 14.5. The van der Waals surface area contributed by atoms with Crippen LogP contribution in [-0.2, 0) is 5.41 Å². The quantitative estimate of drug-likeness (QED) is 0.158. The summed E-state index contributed by atoms with van der Waals surface area (Å²) >= 11 is 0. The average molecular weight is 693 g/mol.